The topological polar surface area (TPSA) is 42.9 Å². The summed E-state index contributed by atoms with van der Waals surface area (Å²) in [5.74, 6) is 0. The van der Waals surface area contributed by atoms with Gasteiger partial charge in [0.1, 0.15) is 0 Å². The van der Waals surface area contributed by atoms with E-state index in [9.17, 15) is 4.79 Å². The van der Waals surface area contributed by atoms with Gasteiger partial charge in [-0.05, 0) is 18.6 Å². The van der Waals surface area contributed by atoms with Gasteiger partial charge in [-0.2, -0.15) is 0 Å². The van der Waals surface area contributed by atoms with E-state index in [4.69, 9.17) is 0 Å². The molecule has 3 aromatic rings. The summed E-state index contributed by atoms with van der Waals surface area (Å²) in [5, 5.41) is 0.970. The minimum atomic E-state index is 0.594. The van der Waals surface area contributed by atoms with Gasteiger partial charge in [0.2, 0.25) is 0 Å². The van der Waals surface area contributed by atoms with Crippen LogP contribution in [0, 0.1) is 0 Å². The van der Waals surface area contributed by atoms with Crippen LogP contribution in [0.3, 0.4) is 0 Å². The number of carbonyl (C=O) groups is 1. The number of carbonyl (C=O) groups excluding carboxylic acids is 1. The molecule has 0 unspecified atom stereocenters. The van der Waals surface area contributed by atoms with Crippen LogP contribution in [0.4, 0.5) is 0 Å². The van der Waals surface area contributed by atoms with Crippen molar-refractivity contribution in [3.05, 3.63) is 60.0 Å². The third-order valence-electron chi connectivity index (χ3n) is 3.38. The minimum absolute atomic E-state index is 0.594. The van der Waals surface area contributed by atoms with Crippen LogP contribution in [0.2, 0.25) is 0 Å². The first kappa shape index (κ1) is 12.5. The van der Waals surface area contributed by atoms with Crippen molar-refractivity contribution in [2.45, 2.75) is 13.3 Å². The number of aldehydes is 1. The molecule has 0 atom stereocenters. The fraction of sp³-hybridized carbons (Fsp3) is 0.118. The van der Waals surface area contributed by atoms with Gasteiger partial charge in [-0.1, -0.05) is 31.2 Å². The summed E-state index contributed by atoms with van der Waals surface area (Å²) >= 11 is 0. The van der Waals surface area contributed by atoms with E-state index in [0.717, 1.165) is 40.4 Å². The van der Waals surface area contributed by atoms with Crippen LogP contribution < -0.4 is 0 Å². The fourth-order valence-electron chi connectivity index (χ4n) is 2.42. The lowest BCUT2D eigenvalue weighted by Crippen LogP contribution is -1.94. The van der Waals surface area contributed by atoms with Gasteiger partial charge < -0.3 is 0 Å². The maximum absolute atomic E-state index is 10.9. The Morgan fingerprint density at radius 2 is 1.95 bits per heavy atom. The highest BCUT2D eigenvalue weighted by Crippen LogP contribution is 2.29. The first-order valence-corrected chi connectivity index (χ1v) is 6.61. The van der Waals surface area contributed by atoms with E-state index < -0.39 is 0 Å². The number of hydrogen-bond donors (Lipinski definition) is 0. The van der Waals surface area contributed by atoms with Crippen LogP contribution in [0.1, 0.15) is 23.0 Å². The Labute approximate surface area is 117 Å². The van der Waals surface area contributed by atoms with Gasteiger partial charge in [0.25, 0.3) is 0 Å². The molecule has 0 amide bonds. The van der Waals surface area contributed by atoms with Crippen LogP contribution in [0.25, 0.3) is 22.0 Å². The second-order valence-electron chi connectivity index (χ2n) is 4.62. The van der Waals surface area contributed by atoms with E-state index in [0.29, 0.717) is 5.56 Å². The average molecular weight is 262 g/mol. The molecule has 1 aromatic carbocycles. The molecule has 2 heterocycles. The van der Waals surface area contributed by atoms with Gasteiger partial charge in [-0.25, -0.2) is 0 Å². The van der Waals surface area contributed by atoms with Crippen molar-refractivity contribution >= 4 is 17.2 Å². The number of rotatable bonds is 3. The van der Waals surface area contributed by atoms with Crippen molar-refractivity contribution in [3.8, 4) is 11.1 Å². The van der Waals surface area contributed by atoms with E-state index in [-0.39, 0.29) is 0 Å². The zero-order valence-electron chi connectivity index (χ0n) is 11.2. The number of benzene rings is 1. The van der Waals surface area contributed by atoms with Crippen molar-refractivity contribution in [1.29, 1.82) is 0 Å². The van der Waals surface area contributed by atoms with Gasteiger partial charge >= 0.3 is 0 Å². The molecule has 0 radical (unpaired) electrons. The highest BCUT2D eigenvalue weighted by Gasteiger charge is 2.09. The quantitative estimate of drug-likeness (QED) is 0.676. The van der Waals surface area contributed by atoms with Crippen LogP contribution in [-0.2, 0) is 6.42 Å². The Hall–Kier alpha value is -2.55. The number of nitrogens with zero attached hydrogens (tertiary/aromatic N) is 2. The molecular formula is C17H14N2O. The minimum Gasteiger partial charge on any atom is -0.298 e. The third kappa shape index (κ3) is 2.07. The summed E-state index contributed by atoms with van der Waals surface area (Å²) in [5.41, 5.74) is 4.72. The molecule has 0 spiro atoms. The van der Waals surface area contributed by atoms with E-state index in [1.54, 1.807) is 6.20 Å². The monoisotopic (exact) mass is 262 g/mol. The maximum atomic E-state index is 10.9. The third-order valence-corrected chi connectivity index (χ3v) is 3.38. The van der Waals surface area contributed by atoms with Crippen molar-refractivity contribution in [2.24, 2.45) is 0 Å². The average Bonchev–Trinajstić information content (AvgIpc) is 2.53. The number of fused-ring (bicyclic) bond motifs is 1. The summed E-state index contributed by atoms with van der Waals surface area (Å²) in [6.45, 7) is 2.09. The number of hydrogen-bond acceptors (Lipinski definition) is 3. The molecule has 0 saturated heterocycles. The van der Waals surface area contributed by atoms with Crippen molar-refractivity contribution in [1.82, 2.24) is 9.97 Å². The molecule has 0 aliphatic rings. The number of para-hydroxylation sites is 1. The molecule has 0 aliphatic carbocycles. The zero-order chi connectivity index (χ0) is 13.9. The molecule has 0 fully saturated rings. The van der Waals surface area contributed by atoms with Crippen LogP contribution in [0.15, 0.2) is 48.8 Å². The summed E-state index contributed by atoms with van der Waals surface area (Å²) in [4.78, 5) is 19.7. The molecule has 3 heteroatoms. The summed E-state index contributed by atoms with van der Waals surface area (Å²) in [6, 6.07) is 11.9. The standard InChI is InChI=1S/C17H14N2O/c1-2-16-14(7-4-8-18-16)15-6-3-5-13-9-12(11-20)10-19-17(13)15/h3-11H,2H2,1H3. The molecule has 3 nitrogen and oxygen atoms in total. The van der Waals surface area contributed by atoms with Crippen LogP contribution >= 0.6 is 0 Å². The SMILES string of the molecule is CCc1ncccc1-c1cccc2cc(C=O)cnc12. The molecular weight excluding hydrogens is 248 g/mol. The molecule has 0 N–H and O–H groups in total. The van der Waals surface area contributed by atoms with Gasteiger partial charge in [0, 0.05) is 40.2 Å². The summed E-state index contributed by atoms with van der Waals surface area (Å²) in [7, 11) is 0. The molecule has 0 bridgehead atoms. The second-order valence-corrected chi connectivity index (χ2v) is 4.62. The Balaban J connectivity index is 2.28. The van der Waals surface area contributed by atoms with Gasteiger partial charge in [0.15, 0.2) is 6.29 Å². The Morgan fingerprint density at radius 1 is 1.10 bits per heavy atom. The lowest BCUT2D eigenvalue weighted by atomic mass is 9.99. The first-order chi connectivity index (χ1) is 9.83. The molecule has 20 heavy (non-hydrogen) atoms. The highest BCUT2D eigenvalue weighted by atomic mass is 16.1. The van der Waals surface area contributed by atoms with Crippen molar-refractivity contribution < 1.29 is 4.79 Å². The lowest BCUT2D eigenvalue weighted by Gasteiger charge is -2.09. The Kier molecular flexibility index (Phi) is 3.25. The first-order valence-electron chi connectivity index (χ1n) is 6.61. The predicted molar refractivity (Wildman–Crippen MR) is 79.7 cm³/mol. The largest absolute Gasteiger partial charge is 0.298 e. The number of pyridine rings is 2. The molecule has 3 rings (SSSR count). The van der Waals surface area contributed by atoms with Gasteiger partial charge in [-0.3, -0.25) is 14.8 Å². The van der Waals surface area contributed by atoms with Crippen molar-refractivity contribution in [3.63, 3.8) is 0 Å². The summed E-state index contributed by atoms with van der Waals surface area (Å²) < 4.78 is 0. The van der Waals surface area contributed by atoms with Crippen LogP contribution in [0.5, 0.6) is 0 Å². The highest BCUT2D eigenvalue weighted by molar-refractivity contribution is 5.96. The fourth-order valence-corrected chi connectivity index (χ4v) is 2.42. The lowest BCUT2D eigenvalue weighted by molar-refractivity contribution is 0.112. The molecule has 2 aromatic heterocycles. The van der Waals surface area contributed by atoms with E-state index in [1.807, 2.05) is 36.5 Å². The normalized spacial score (nSPS) is 10.7. The Bertz CT molecular complexity index is 781. The maximum Gasteiger partial charge on any atom is 0.151 e. The summed E-state index contributed by atoms with van der Waals surface area (Å²) in [6.07, 6.45) is 5.12. The second kappa shape index (κ2) is 5.21. The smallest absolute Gasteiger partial charge is 0.151 e. The zero-order valence-corrected chi connectivity index (χ0v) is 11.2. The van der Waals surface area contributed by atoms with Crippen molar-refractivity contribution in [2.75, 3.05) is 0 Å². The number of aromatic nitrogens is 2. The predicted octanol–water partition coefficient (Wildman–Crippen LogP) is 3.67. The van der Waals surface area contributed by atoms with E-state index in [2.05, 4.69) is 23.0 Å². The van der Waals surface area contributed by atoms with Gasteiger partial charge in [-0.15, -0.1) is 0 Å². The van der Waals surface area contributed by atoms with E-state index in [1.165, 1.54) is 0 Å². The number of aryl methyl sites for hydroxylation is 1. The molecule has 0 saturated carbocycles. The van der Waals surface area contributed by atoms with Gasteiger partial charge in [0.05, 0.1) is 5.52 Å². The molecule has 98 valence electrons. The van der Waals surface area contributed by atoms with Crippen LogP contribution in [-0.4, -0.2) is 16.3 Å². The molecule has 0 aliphatic heterocycles. The van der Waals surface area contributed by atoms with E-state index >= 15 is 0 Å². The Morgan fingerprint density at radius 3 is 2.75 bits per heavy atom.